The summed E-state index contributed by atoms with van der Waals surface area (Å²) in [4.78, 5) is 11.2. The third-order valence-electron chi connectivity index (χ3n) is 4.96. The van der Waals surface area contributed by atoms with E-state index in [9.17, 15) is 15.0 Å². The Labute approximate surface area is 171 Å². The topological polar surface area (TPSA) is 76.0 Å². The highest BCUT2D eigenvalue weighted by atomic mass is 35.5. The molecule has 1 aliphatic heterocycles. The summed E-state index contributed by atoms with van der Waals surface area (Å²) in [5, 5.41) is 20.6. The molecule has 1 unspecified atom stereocenters. The Balaban J connectivity index is 1.91. The number of aromatic hydroxyl groups is 2. The van der Waals surface area contributed by atoms with Gasteiger partial charge in [0.25, 0.3) is 0 Å². The van der Waals surface area contributed by atoms with Gasteiger partial charge >= 0.3 is 0 Å². The Morgan fingerprint density at radius 2 is 2.00 bits per heavy atom. The van der Waals surface area contributed by atoms with Gasteiger partial charge in [-0.05, 0) is 52.0 Å². The lowest BCUT2D eigenvalue weighted by molar-refractivity contribution is -0.103. The molecule has 1 aromatic carbocycles. The van der Waals surface area contributed by atoms with Crippen molar-refractivity contribution >= 4 is 17.9 Å². The number of halogens is 1. The minimum atomic E-state index is -0.208. The summed E-state index contributed by atoms with van der Waals surface area (Å²) in [6.45, 7) is 6.98. The maximum Gasteiger partial charge on any atom is 0.158 e. The lowest BCUT2D eigenvalue weighted by Gasteiger charge is -2.13. The first-order valence-corrected chi connectivity index (χ1v) is 9.95. The van der Waals surface area contributed by atoms with E-state index in [4.69, 9.17) is 21.1 Å². The Hall–Kier alpha value is -1.82. The van der Waals surface area contributed by atoms with Gasteiger partial charge in [-0.2, -0.15) is 0 Å². The first-order chi connectivity index (χ1) is 13.3. The molecule has 2 N–H and O–H groups in total. The average Bonchev–Trinajstić information content (AvgIpc) is 3.19. The minimum Gasteiger partial charge on any atom is -0.507 e. The van der Waals surface area contributed by atoms with Crippen molar-refractivity contribution in [2.45, 2.75) is 59.2 Å². The molecular formula is C22H29ClO5. The van der Waals surface area contributed by atoms with Gasteiger partial charge in [-0.15, -0.1) is 0 Å². The molecule has 6 heteroatoms. The van der Waals surface area contributed by atoms with Crippen molar-refractivity contribution < 1.29 is 24.5 Å². The van der Waals surface area contributed by atoms with Crippen LogP contribution in [0, 0.1) is 6.92 Å². The van der Waals surface area contributed by atoms with Crippen LogP contribution in [0.5, 0.6) is 11.5 Å². The second-order valence-electron chi connectivity index (χ2n) is 7.24. The lowest BCUT2D eigenvalue weighted by Crippen LogP contribution is -2.11. The Kier molecular flexibility index (Phi) is 8.55. The molecule has 2 rings (SSSR count). The van der Waals surface area contributed by atoms with Crippen LogP contribution in [0.4, 0.5) is 0 Å². The molecule has 1 fully saturated rings. The number of allylic oxidation sites excluding steroid dienone is 3. The summed E-state index contributed by atoms with van der Waals surface area (Å²) in [5.41, 5.74) is 3.05. The Morgan fingerprint density at radius 3 is 2.64 bits per heavy atom. The third-order valence-corrected chi connectivity index (χ3v) is 5.42. The van der Waals surface area contributed by atoms with E-state index in [1.54, 1.807) is 6.92 Å². The predicted octanol–water partition coefficient (Wildman–Crippen LogP) is 5.24. The Bertz CT molecular complexity index is 761. The number of ether oxygens (including phenoxy) is 2. The van der Waals surface area contributed by atoms with Gasteiger partial charge in [-0.25, -0.2) is 0 Å². The first kappa shape index (κ1) is 22.5. The fourth-order valence-corrected chi connectivity index (χ4v) is 3.32. The Morgan fingerprint density at radius 1 is 1.25 bits per heavy atom. The van der Waals surface area contributed by atoms with E-state index in [2.05, 4.69) is 6.08 Å². The van der Waals surface area contributed by atoms with Crippen LogP contribution in [0.1, 0.15) is 61.0 Å². The number of carbonyl (C=O) groups is 1. The van der Waals surface area contributed by atoms with E-state index >= 15 is 0 Å². The fourth-order valence-electron chi connectivity index (χ4n) is 3.11. The van der Waals surface area contributed by atoms with Crippen LogP contribution in [0.15, 0.2) is 23.3 Å². The molecule has 0 spiro atoms. The molecule has 0 bridgehead atoms. The van der Waals surface area contributed by atoms with Crippen LogP contribution in [0.2, 0.25) is 5.02 Å². The molecule has 28 heavy (non-hydrogen) atoms. The molecular weight excluding hydrogens is 380 g/mol. The van der Waals surface area contributed by atoms with E-state index in [0.29, 0.717) is 24.9 Å². The van der Waals surface area contributed by atoms with Crippen molar-refractivity contribution in [3.8, 4) is 11.5 Å². The molecule has 0 aromatic heterocycles. The van der Waals surface area contributed by atoms with Gasteiger partial charge in [0.05, 0.1) is 17.2 Å². The molecule has 1 saturated heterocycles. The highest BCUT2D eigenvalue weighted by molar-refractivity contribution is 6.33. The predicted molar refractivity (Wildman–Crippen MR) is 110 cm³/mol. The van der Waals surface area contributed by atoms with Gasteiger partial charge in [-0.3, -0.25) is 4.79 Å². The largest absolute Gasteiger partial charge is 0.507 e. The van der Waals surface area contributed by atoms with Crippen molar-refractivity contribution in [2.24, 2.45) is 0 Å². The molecule has 1 aromatic rings. The maximum absolute atomic E-state index is 11.2. The number of benzene rings is 1. The zero-order chi connectivity index (χ0) is 20.7. The number of rotatable bonds is 9. The van der Waals surface area contributed by atoms with Crippen LogP contribution in [-0.2, 0) is 15.9 Å². The normalized spacial score (nSPS) is 17.9. The average molecular weight is 409 g/mol. The van der Waals surface area contributed by atoms with Gasteiger partial charge in [-0.1, -0.05) is 34.9 Å². The quantitative estimate of drug-likeness (QED) is 0.431. The molecule has 0 saturated carbocycles. The highest BCUT2D eigenvalue weighted by Gasteiger charge is 2.19. The van der Waals surface area contributed by atoms with E-state index in [0.717, 1.165) is 37.9 Å². The van der Waals surface area contributed by atoms with Gasteiger partial charge in [0.1, 0.15) is 11.5 Å². The molecule has 1 aliphatic rings. The van der Waals surface area contributed by atoms with E-state index in [1.165, 1.54) is 5.57 Å². The highest BCUT2D eigenvalue weighted by Crippen LogP contribution is 2.40. The molecule has 0 amide bonds. The van der Waals surface area contributed by atoms with Crippen molar-refractivity contribution in [3.63, 3.8) is 0 Å². The van der Waals surface area contributed by atoms with Crippen LogP contribution in [0.3, 0.4) is 0 Å². The smallest absolute Gasteiger partial charge is 0.158 e. The van der Waals surface area contributed by atoms with Crippen molar-refractivity contribution in [3.05, 3.63) is 45.0 Å². The zero-order valence-electron chi connectivity index (χ0n) is 16.8. The standard InChI is InChI=1S/C22H29ClO5/c1-14(6-4-7-15(2)13-28-19-8-5-11-27-19)9-10-17-21(25)18(12-24)16(3)20(23)22(17)26/h7,9,12,19,25-26H,4-6,8,10-11,13H2,1-3H3/b14-9+,15-7+. The minimum absolute atomic E-state index is 0.0667. The first-order valence-electron chi connectivity index (χ1n) is 9.57. The van der Waals surface area contributed by atoms with Crippen molar-refractivity contribution in [2.75, 3.05) is 13.2 Å². The van der Waals surface area contributed by atoms with E-state index < -0.39 is 0 Å². The van der Waals surface area contributed by atoms with Crippen molar-refractivity contribution in [1.29, 1.82) is 0 Å². The zero-order valence-corrected chi connectivity index (χ0v) is 17.5. The van der Waals surface area contributed by atoms with Gasteiger partial charge in [0.2, 0.25) is 0 Å². The second-order valence-corrected chi connectivity index (χ2v) is 7.62. The fraction of sp³-hybridized carbons (Fsp3) is 0.500. The van der Waals surface area contributed by atoms with Crippen LogP contribution in [0.25, 0.3) is 0 Å². The number of phenolic OH excluding ortho intramolecular Hbond substituents is 2. The summed E-state index contributed by atoms with van der Waals surface area (Å²) < 4.78 is 11.1. The number of hydrogen-bond donors (Lipinski definition) is 2. The summed E-state index contributed by atoms with van der Waals surface area (Å²) in [7, 11) is 0. The number of aldehydes is 1. The molecule has 0 radical (unpaired) electrons. The summed E-state index contributed by atoms with van der Waals surface area (Å²) in [6.07, 6.45) is 8.61. The van der Waals surface area contributed by atoms with Gasteiger partial charge in [0.15, 0.2) is 12.6 Å². The molecule has 1 atom stereocenters. The van der Waals surface area contributed by atoms with E-state index in [1.807, 2.05) is 19.9 Å². The third kappa shape index (κ3) is 5.84. The second kappa shape index (κ2) is 10.6. The van der Waals surface area contributed by atoms with Gasteiger partial charge < -0.3 is 19.7 Å². The maximum atomic E-state index is 11.2. The summed E-state index contributed by atoms with van der Waals surface area (Å²) in [6, 6.07) is 0. The molecule has 154 valence electrons. The lowest BCUT2D eigenvalue weighted by atomic mass is 9.99. The monoisotopic (exact) mass is 408 g/mol. The number of carbonyl (C=O) groups excluding carboxylic acids is 1. The number of hydrogen-bond acceptors (Lipinski definition) is 5. The summed E-state index contributed by atoms with van der Waals surface area (Å²) >= 11 is 6.08. The van der Waals surface area contributed by atoms with Crippen LogP contribution < -0.4 is 0 Å². The molecule has 5 nitrogen and oxygen atoms in total. The van der Waals surface area contributed by atoms with Crippen molar-refractivity contribution in [1.82, 2.24) is 0 Å². The number of phenols is 2. The van der Waals surface area contributed by atoms with Crippen LogP contribution in [-0.4, -0.2) is 36.0 Å². The molecule has 1 heterocycles. The molecule has 0 aliphatic carbocycles. The summed E-state index contributed by atoms with van der Waals surface area (Å²) in [5.74, 6) is -0.381. The SMILES string of the molecule is C/C(=C\Cc1c(O)c(Cl)c(C)c(C=O)c1O)CC/C=C(\C)COC1CCCO1. The van der Waals surface area contributed by atoms with Crippen LogP contribution >= 0.6 is 11.6 Å². The van der Waals surface area contributed by atoms with E-state index in [-0.39, 0.29) is 33.9 Å². The van der Waals surface area contributed by atoms with Gasteiger partial charge in [0, 0.05) is 18.6 Å².